The van der Waals surface area contributed by atoms with E-state index in [4.69, 9.17) is 9.47 Å². The zero-order valence-corrected chi connectivity index (χ0v) is 17.8. The summed E-state index contributed by atoms with van der Waals surface area (Å²) in [6.45, 7) is 6.75. The number of nitrogens with zero attached hydrogens (tertiary/aromatic N) is 4. The van der Waals surface area contributed by atoms with Gasteiger partial charge >= 0.3 is 6.09 Å². The van der Waals surface area contributed by atoms with Crippen molar-refractivity contribution in [3.05, 3.63) is 33.7 Å². The number of aromatic nitrogens is 1. The summed E-state index contributed by atoms with van der Waals surface area (Å²) < 4.78 is 12.4. The van der Waals surface area contributed by atoms with Crippen LogP contribution in [0.1, 0.15) is 30.0 Å². The summed E-state index contributed by atoms with van der Waals surface area (Å²) in [5.41, 5.74) is 1.98. The number of carbonyl (C=O) groups is 2. The van der Waals surface area contributed by atoms with Gasteiger partial charge in [-0.1, -0.05) is 6.07 Å². The maximum absolute atomic E-state index is 13.3. The predicted octanol–water partition coefficient (Wildman–Crippen LogP) is 0.469. The van der Waals surface area contributed by atoms with Gasteiger partial charge in [-0.05, 0) is 24.8 Å². The van der Waals surface area contributed by atoms with Gasteiger partial charge in [-0.3, -0.25) is 19.4 Å². The van der Waals surface area contributed by atoms with Gasteiger partial charge in [-0.25, -0.2) is 4.79 Å². The lowest BCUT2D eigenvalue weighted by molar-refractivity contribution is -0.134. The quantitative estimate of drug-likeness (QED) is 0.691. The van der Waals surface area contributed by atoms with Gasteiger partial charge in [0.05, 0.1) is 13.2 Å². The molecule has 9 nitrogen and oxygen atoms in total. The minimum atomic E-state index is -0.411. The van der Waals surface area contributed by atoms with Crippen LogP contribution >= 0.6 is 0 Å². The standard InChI is InChI=1S/C22H30N4O5/c27-20(15-24-6-9-31-22(24)29)25-11-16-10-18(14-25)19-3-2-17(21(28)26(19)12-16)13-23-4-1-7-30-8-5-23/h2-3,16,18H,1,4-15H2/t16-,18+/m0/s1. The second-order valence-electron chi connectivity index (χ2n) is 9.07. The summed E-state index contributed by atoms with van der Waals surface area (Å²) in [4.78, 5) is 43.3. The fourth-order valence-electron chi connectivity index (χ4n) is 5.34. The minimum Gasteiger partial charge on any atom is -0.448 e. The molecule has 168 valence electrons. The highest BCUT2D eigenvalue weighted by atomic mass is 16.6. The van der Waals surface area contributed by atoms with Crippen LogP contribution in [0.4, 0.5) is 4.79 Å². The van der Waals surface area contributed by atoms with Gasteiger partial charge in [-0.15, -0.1) is 0 Å². The van der Waals surface area contributed by atoms with Crippen molar-refractivity contribution in [2.24, 2.45) is 5.92 Å². The van der Waals surface area contributed by atoms with E-state index in [9.17, 15) is 14.4 Å². The Balaban J connectivity index is 1.29. The van der Waals surface area contributed by atoms with E-state index in [0.29, 0.717) is 39.3 Å². The molecule has 2 atom stereocenters. The Morgan fingerprint density at radius 2 is 1.94 bits per heavy atom. The Bertz CT molecular complexity index is 908. The minimum absolute atomic E-state index is 0.0376. The average Bonchev–Trinajstić information content (AvgIpc) is 2.99. The Kier molecular flexibility index (Phi) is 5.71. The lowest BCUT2D eigenvalue weighted by Crippen LogP contribution is -2.51. The summed E-state index contributed by atoms with van der Waals surface area (Å²) in [5.74, 6) is 0.389. The van der Waals surface area contributed by atoms with Crippen molar-refractivity contribution in [3.63, 3.8) is 0 Å². The fraction of sp³-hybridized carbons (Fsp3) is 0.682. The van der Waals surface area contributed by atoms with Gasteiger partial charge in [0.1, 0.15) is 13.2 Å². The molecule has 5 heterocycles. The van der Waals surface area contributed by atoms with Crippen molar-refractivity contribution in [2.45, 2.75) is 31.8 Å². The van der Waals surface area contributed by atoms with Crippen molar-refractivity contribution in [1.29, 1.82) is 0 Å². The topological polar surface area (TPSA) is 84.3 Å². The number of ether oxygens (including phenoxy) is 2. The first-order valence-corrected chi connectivity index (χ1v) is 11.3. The molecule has 0 aromatic carbocycles. The van der Waals surface area contributed by atoms with Crippen LogP contribution in [0.15, 0.2) is 16.9 Å². The number of carbonyl (C=O) groups excluding carboxylic acids is 2. The highest BCUT2D eigenvalue weighted by molar-refractivity contribution is 5.83. The molecule has 2 bridgehead atoms. The van der Waals surface area contributed by atoms with Crippen LogP contribution < -0.4 is 5.56 Å². The van der Waals surface area contributed by atoms with E-state index in [2.05, 4.69) is 11.0 Å². The summed E-state index contributed by atoms with van der Waals surface area (Å²) in [6.07, 6.45) is 1.58. The van der Waals surface area contributed by atoms with Crippen LogP contribution in [0.5, 0.6) is 0 Å². The zero-order valence-electron chi connectivity index (χ0n) is 17.8. The molecule has 3 saturated heterocycles. The molecule has 0 aliphatic carbocycles. The van der Waals surface area contributed by atoms with E-state index in [1.54, 1.807) is 0 Å². The van der Waals surface area contributed by atoms with E-state index in [1.807, 2.05) is 15.5 Å². The smallest absolute Gasteiger partial charge is 0.410 e. The number of hydrogen-bond acceptors (Lipinski definition) is 6. The maximum atomic E-state index is 13.3. The summed E-state index contributed by atoms with van der Waals surface area (Å²) in [7, 11) is 0. The molecule has 9 heteroatoms. The molecule has 0 N–H and O–H groups in total. The zero-order chi connectivity index (χ0) is 21.4. The Labute approximate surface area is 181 Å². The third-order valence-corrected chi connectivity index (χ3v) is 6.92. The molecule has 0 saturated carbocycles. The summed E-state index contributed by atoms with van der Waals surface area (Å²) in [5, 5.41) is 0. The Morgan fingerprint density at radius 1 is 1.03 bits per heavy atom. The largest absolute Gasteiger partial charge is 0.448 e. The van der Waals surface area contributed by atoms with Crippen molar-refractivity contribution in [2.75, 3.05) is 59.1 Å². The van der Waals surface area contributed by atoms with Crippen LogP contribution in [0.25, 0.3) is 0 Å². The predicted molar refractivity (Wildman–Crippen MR) is 112 cm³/mol. The lowest BCUT2D eigenvalue weighted by Gasteiger charge is -2.43. The van der Waals surface area contributed by atoms with Crippen molar-refractivity contribution in [3.8, 4) is 0 Å². The van der Waals surface area contributed by atoms with Crippen molar-refractivity contribution >= 4 is 12.0 Å². The van der Waals surface area contributed by atoms with Gasteiger partial charge < -0.3 is 18.9 Å². The van der Waals surface area contributed by atoms with E-state index < -0.39 is 6.09 Å². The second kappa shape index (κ2) is 8.63. The first-order chi connectivity index (χ1) is 15.1. The van der Waals surface area contributed by atoms with Crippen LogP contribution in [0.3, 0.4) is 0 Å². The van der Waals surface area contributed by atoms with Gasteiger partial charge in [0.25, 0.3) is 5.56 Å². The van der Waals surface area contributed by atoms with E-state index >= 15 is 0 Å². The molecule has 31 heavy (non-hydrogen) atoms. The van der Waals surface area contributed by atoms with E-state index in [0.717, 1.165) is 50.4 Å². The fourth-order valence-corrected chi connectivity index (χ4v) is 5.34. The highest BCUT2D eigenvalue weighted by Crippen LogP contribution is 2.35. The molecule has 3 fully saturated rings. The molecular formula is C22H30N4O5. The number of hydrogen-bond donors (Lipinski definition) is 0. The molecular weight excluding hydrogens is 400 g/mol. The van der Waals surface area contributed by atoms with E-state index in [1.165, 1.54) is 4.90 Å². The molecule has 2 amide bonds. The monoisotopic (exact) mass is 430 g/mol. The molecule has 0 radical (unpaired) electrons. The molecule has 0 spiro atoms. The Hall–Kier alpha value is -2.39. The summed E-state index contributed by atoms with van der Waals surface area (Å²) >= 11 is 0. The average molecular weight is 431 g/mol. The number of pyridine rings is 1. The summed E-state index contributed by atoms with van der Waals surface area (Å²) in [6, 6.07) is 4.05. The second-order valence-corrected chi connectivity index (χ2v) is 9.07. The number of piperidine rings is 1. The van der Waals surface area contributed by atoms with Gasteiger partial charge in [-0.2, -0.15) is 0 Å². The number of cyclic esters (lactones) is 1. The SMILES string of the molecule is O=C(CN1CCOC1=O)N1C[C@@H]2C[C@H](C1)c1ccc(CN3CCCOCC3)c(=O)n1C2. The number of fused-ring (bicyclic) bond motifs is 4. The van der Waals surface area contributed by atoms with Crippen LogP contribution in [-0.2, 0) is 27.4 Å². The normalized spacial score (nSPS) is 26.4. The molecule has 1 aromatic rings. The Morgan fingerprint density at radius 3 is 2.77 bits per heavy atom. The van der Waals surface area contributed by atoms with Crippen molar-refractivity contribution in [1.82, 2.24) is 19.3 Å². The first kappa shape index (κ1) is 20.5. The number of rotatable bonds is 4. The van der Waals surface area contributed by atoms with E-state index in [-0.39, 0.29) is 29.8 Å². The van der Waals surface area contributed by atoms with Gasteiger partial charge in [0.2, 0.25) is 5.91 Å². The van der Waals surface area contributed by atoms with Crippen LogP contribution in [-0.4, -0.2) is 90.4 Å². The maximum Gasteiger partial charge on any atom is 0.410 e. The molecule has 4 aliphatic rings. The molecule has 5 rings (SSSR count). The number of amides is 2. The van der Waals surface area contributed by atoms with Crippen LogP contribution in [0, 0.1) is 5.92 Å². The molecule has 4 aliphatic heterocycles. The van der Waals surface area contributed by atoms with Gasteiger partial charge in [0, 0.05) is 63.1 Å². The van der Waals surface area contributed by atoms with Gasteiger partial charge in [0.15, 0.2) is 0 Å². The third kappa shape index (κ3) is 4.21. The first-order valence-electron chi connectivity index (χ1n) is 11.3. The third-order valence-electron chi connectivity index (χ3n) is 6.92. The van der Waals surface area contributed by atoms with Crippen LogP contribution in [0.2, 0.25) is 0 Å². The van der Waals surface area contributed by atoms with Crippen molar-refractivity contribution < 1.29 is 19.1 Å². The number of likely N-dealkylation sites (tertiary alicyclic amines) is 1. The lowest BCUT2D eigenvalue weighted by atomic mass is 9.83. The molecule has 1 aromatic heterocycles. The molecule has 0 unspecified atom stereocenters. The highest BCUT2D eigenvalue weighted by Gasteiger charge is 2.37.